The van der Waals surface area contributed by atoms with Gasteiger partial charge in [-0.3, -0.25) is 10.1 Å². The van der Waals surface area contributed by atoms with E-state index in [1.54, 1.807) is 7.11 Å². The average Bonchev–Trinajstić information content (AvgIpc) is 2.70. The van der Waals surface area contributed by atoms with Crippen molar-refractivity contribution in [3.63, 3.8) is 0 Å². The van der Waals surface area contributed by atoms with E-state index in [2.05, 4.69) is 5.16 Å². The molecule has 140 valence electrons. The second kappa shape index (κ2) is 7.86. The molecule has 0 saturated heterocycles. The molecule has 1 aliphatic rings. The first-order valence-electron chi connectivity index (χ1n) is 8.31. The highest BCUT2D eigenvalue weighted by Gasteiger charge is 2.21. The van der Waals surface area contributed by atoms with Gasteiger partial charge in [0.2, 0.25) is 0 Å². The van der Waals surface area contributed by atoms with Crippen LogP contribution in [0.1, 0.15) is 34.3 Å². The van der Waals surface area contributed by atoms with Gasteiger partial charge in [0.1, 0.15) is 5.75 Å². The summed E-state index contributed by atoms with van der Waals surface area (Å²) in [4.78, 5) is 27.8. The number of nitro groups is 1. The summed E-state index contributed by atoms with van der Waals surface area (Å²) in [7, 11) is 2.90. The Kier molecular flexibility index (Phi) is 5.35. The van der Waals surface area contributed by atoms with Crippen LogP contribution < -0.4 is 9.47 Å². The van der Waals surface area contributed by atoms with Crippen molar-refractivity contribution in [2.75, 3.05) is 14.2 Å². The summed E-state index contributed by atoms with van der Waals surface area (Å²) < 4.78 is 10.2. The molecule has 0 saturated carbocycles. The van der Waals surface area contributed by atoms with E-state index in [4.69, 9.17) is 14.3 Å². The lowest BCUT2D eigenvalue weighted by Gasteiger charge is -2.18. The maximum Gasteiger partial charge on any atom is 0.365 e. The van der Waals surface area contributed by atoms with Crippen molar-refractivity contribution in [1.82, 2.24) is 0 Å². The minimum atomic E-state index is -0.775. The van der Waals surface area contributed by atoms with E-state index in [0.717, 1.165) is 30.0 Å². The van der Waals surface area contributed by atoms with Crippen molar-refractivity contribution < 1.29 is 24.0 Å². The second-order valence-corrected chi connectivity index (χ2v) is 5.94. The van der Waals surface area contributed by atoms with Crippen molar-refractivity contribution in [2.24, 2.45) is 5.16 Å². The van der Waals surface area contributed by atoms with Gasteiger partial charge < -0.3 is 14.3 Å². The number of hydrogen-bond acceptors (Lipinski definition) is 7. The third kappa shape index (κ3) is 3.89. The van der Waals surface area contributed by atoms with Crippen LogP contribution in [0.2, 0.25) is 0 Å². The zero-order valence-electron chi connectivity index (χ0n) is 14.9. The maximum atomic E-state index is 12.3. The lowest BCUT2D eigenvalue weighted by Crippen LogP contribution is -2.14. The van der Waals surface area contributed by atoms with Gasteiger partial charge in [-0.2, -0.15) is 0 Å². The van der Waals surface area contributed by atoms with Gasteiger partial charge in [-0.05, 0) is 49.1 Å². The SMILES string of the molecule is COc1ccc2c(c1)/C(=N\OC(=O)c1ccc(OC)c([N+](=O)[O-])c1)CCC2. The largest absolute Gasteiger partial charge is 0.497 e. The molecule has 0 spiro atoms. The lowest BCUT2D eigenvalue weighted by atomic mass is 9.90. The summed E-state index contributed by atoms with van der Waals surface area (Å²) in [6.07, 6.45) is 2.47. The predicted molar refractivity (Wildman–Crippen MR) is 97.5 cm³/mol. The monoisotopic (exact) mass is 370 g/mol. The van der Waals surface area contributed by atoms with Crippen LogP contribution in [0.3, 0.4) is 0 Å². The zero-order chi connectivity index (χ0) is 19.4. The van der Waals surface area contributed by atoms with Crippen LogP contribution in [0.15, 0.2) is 41.6 Å². The average molecular weight is 370 g/mol. The molecule has 27 heavy (non-hydrogen) atoms. The lowest BCUT2D eigenvalue weighted by molar-refractivity contribution is -0.385. The topological polar surface area (TPSA) is 100 Å². The Morgan fingerprint density at radius 1 is 1.11 bits per heavy atom. The number of carbonyl (C=O) groups excluding carboxylic acids is 1. The quantitative estimate of drug-likeness (QED) is 0.454. The maximum absolute atomic E-state index is 12.3. The minimum Gasteiger partial charge on any atom is -0.497 e. The molecule has 1 aliphatic carbocycles. The number of benzene rings is 2. The number of oxime groups is 1. The molecule has 8 heteroatoms. The molecular weight excluding hydrogens is 352 g/mol. The smallest absolute Gasteiger partial charge is 0.365 e. The van der Waals surface area contributed by atoms with E-state index in [-0.39, 0.29) is 17.0 Å². The number of rotatable bonds is 5. The summed E-state index contributed by atoms with van der Waals surface area (Å²) in [5.74, 6) is -0.0140. The molecular formula is C19H18N2O6. The molecule has 0 fully saturated rings. The number of nitro benzene ring substituents is 1. The van der Waals surface area contributed by atoms with Gasteiger partial charge in [-0.25, -0.2) is 4.79 Å². The number of methoxy groups -OCH3 is 2. The molecule has 0 bridgehead atoms. The number of ether oxygens (including phenoxy) is 2. The number of fused-ring (bicyclic) bond motifs is 1. The summed E-state index contributed by atoms with van der Waals surface area (Å²) >= 11 is 0. The van der Waals surface area contributed by atoms with Crippen LogP contribution in [0.5, 0.6) is 11.5 Å². The normalized spacial score (nSPS) is 14.4. The van der Waals surface area contributed by atoms with Crippen molar-refractivity contribution in [3.8, 4) is 11.5 Å². The molecule has 0 aromatic heterocycles. The van der Waals surface area contributed by atoms with Gasteiger partial charge in [0.15, 0.2) is 5.75 Å². The van der Waals surface area contributed by atoms with Crippen LogP contribution in [0.4, 0.5) is 5.69 Å². The van der Waals surface area contributed by atoms with Gasteiger partial charge in [-0.1, -0.05) is 11.2 Å². The molecule has 0 unspecified atom stereocenters. The third-order valence-corrected chi connectivity index (χ3v) is 4.34. The van der Waals surface area contributed by atoms with Crippen LogP contribution in [0, 0.1) is 10.1 Å². The summed E-state index contributed by atoms with van der Waals surface area (Å²) in [5, 5.41) is 15.1. The number of carbonyl (C=O) groups is 1. The molecule has 2 aromatic rings. The molecule has 2 aromatic carbocycles. The molecule has 8 nitrogen and oxygen atoms in total. The fourth-order valence-electron chi connectivity index (χ4n) is 2.95. The molecule has 0 amide bonds. The van der Waals surface area contributed by atoms with Crippen molar-refractivity contribution in [2.45, 2.75) is 19.3 Å². The highest BCUT2D eigenvalue weighted by atomic mass is 16.7. The van der Waals surface area contributed by atoms with Crippen LogP contribution in [-0.4, -0.2) is 30.8 Å². The Morgan fingerprint density at radius 3 is 2.63 bits per heavy atom. The third-order valence-electron chi connectivity index (χ3n) is 4.34. The molecule has 0 N–H and O–H groups in total. The van der Waals surface area contributed by atoms with Gasteiger partial charge >= 0.3 is 11.7 Å². The first kappa shape index (κ1) is 18.4. The molecule has 0 radical (unpaired) electrons. The van der Waals surface area contributed by atoms with E-state index in [1.807, 2.05) is 18.2 Å². The fourth-order valence-corrected chi connectivity index (χ4v) is 2.95. The molecule has 3 rings (SSSR count). The Morgan fingerprint density at radius 2 is 1.93 bits per heavy atom. The highest BCUT2D eigenvalue weighted by molar-refractivity contribution is 6.03. The Labute approximate surface area is 155 Å². The fraction of sp³-hybridized carbons (Fsp3) is 0.263. The van der Waals surface area contributed by atoms with Crippen LogP contribution in [-0.2, 0) is 11.3 Å². The number of aryl methyl sites for hydroxylation is 1. The Hall–Kier alpha value is -3.42. The first-order chi connectivity index (χ1) is 13.0. The Balaban J connectivity index is 1.84. The zero-order valence-corrected chi connectivity index (χ0v) is 14.9. The van der Waals surface area contributed by atoms with E-state index in [0.29, 0.717) is 17.9 Å². The number of nitrogens with zero attached hydrogens (tertiary/aromatic N) is 2. The standard InChI is InChI=1S/C19H18N2O6/c1-25-14-8-6-12-4-3-5-16(15(12)11-14)20-27-19(22)13-7-9-18(26-2)17(10-13)21(23)24/h6-11H,3-5H2,1-2H3/b20-16-. The summed E-state index contributed by atoms with van der Waals surface area (Å²) in [5.41, 5.74) is 2.35. The number of hydrogen-bond donors (Lipinski definition) is 0. The molecule has 0 heterocycles. The van der Waals surface area contributed by atoms with Gasteiger partial charge in [0.25, 0.3) is 0 Å². The molecule has 0 aliphatic heterocycles. The predicted octanol–water partition coefficient (Wildman–Crippen LogP) is 3.51. The van der Waals surface area contributed by atoms with Crippen molar-refractivity contribution in [1.29, 1.82) is 0 Å². The minimum absolute atomic E-state index is 0.0218. The highest BCUT2D eigenvalue weighted by Crippen LogP contribution is 2.28. The van der Waals surface area contributed by atoms with E-state index in [9.17, 15) is 14.9 Å². The summed E-state index contributed by atoms with van der Waals surface area (Å²) in [6.45, 7) is 0. The first-order valence-corrected chi connectivity index (χ1v) is 8.31. The molecule has 0 atom stereocenters. The van der Waals surface area contributed by atoms with Gasteiger partial charge in [0.05, 0.1) is 30.4 Å². The second-order valence-electron chi connectivity index (χ2n) is 5.94. The van der Waals surface area contributed by atoms with E-state index in [1.165, 1.54) is 19.2 Å². The van der Waals surface area contributed by atoms with Crippen molar-refractivity contribution in [3.05, 3.63) is 63.2 Å². The van der Waals surface area contributed by atoms with Gasteiger partial charge in [0, 0.05) is 11.6 Å². The Bertz CT molecular complexity index is 922. The van der Waals surface area contributed by atoms with Crippen LogP contribution >= 0.6 is 0 Å². The summed E-state index contributed by atoms with van der Waals surface area (Å²) in [6, 6.07) is 9.56. The van der Waals surface area contributed by atoms with E-state index >= 15 is 0 Å². The van der Waals surface area contributed by atoms with Crippen LogP contribution in [0.25, 0.3) is 0 Å². The van der Waals surface area contributed by atoms with E-state index < -0.39 is 10.9 Å². The van der Waals surface area contributed by atoms with Crippen molar-refractivity contribution >= 4 is 17.4 Å². The van der Waals surface area contributed by atoms with Gasteiger partial charge in [-0.15, -0.1) is 0 Å².